The third kappa shape index (κ3) is 1.73. The van der Waals surface area contributed by atoms with Gasteiger partial charge in [-0.15, -0.1) is 0 Å². The molecule has 0 aromatic rings. The van der Waals surface area contributed by atoms with Crippen molar-refractivity contribution in [3.63, 3.8) is 0 Å². The second-order valence-electron chi connectivity index (χ2n) is 2.42. The van der Waals surface area contributed by atoms with Crippen molar-refractivity contribution in [3.8, 4) is 0 Å². The van der Waals surface area contributed by atoms with Gasteiger partial charge < -0.3 is 10.5 Å². The summed E-state index contributed by atoms with van der Waals surface area (Å²) in [7, 11) is 0. The second-order valence-corrected chi connectivity index (χ2v) is 2.42. The van der Waals surface area contributed by atoms with Crippen LogP contribution in [0.5, 0.6) is 0 Å². The van der Waals surface area contributed by atoms with E-state index in [0.717, 1.165) is 0 Å². The summed E-state index contributed by atoms with van der Waals surface area (Å²) in [5, 5.41) is 1.98. The van der Waals surface area contributed by atoms with Crippen molar-refractivity contribution < 1.29 is 19.1 Å². The highest BCUT2D eigenvalue weighted by Gasteiger charge is 2.30. The number of nitrogens with one attached hydrogen (secondary N) is 1. The summed E-state index contributed by atoms with van der Waals surface area (Å²) in [6.45, 7) is 1.05. The quantitative estimate of drug-likeness (QED) is 0.398. The zero-order valence-corrected chi connectivity index (χ0v) is 6.92. The van der Waals surface area contributed by atoms with Crippen molar-refractivity contribution in [2.45, 2.75) is 6.92 Å². The number of esters is 1. The average molecular weight is 184 g/mol. The number of amides is 2. The molecular weight excluding hydrogens is 176 g/mol. The molecule has 0 unspecified atom stereocenters. The lowest BCUT2D eigenvalue weighted by atomic mass is 10.3. The molecule has 1 aliphatic heterocycles. The molecule has 6 nitrogen and oxygen atoms in total. The number of hydrogen-bond acceptors (Lipinski definition) is 5. The maximum absolute atomic E-state index is 10.9. The Labute approximate surface area is 73.7 Å². The molecule has 0 radical (unpaired) electrons. The van der Waals surface area contributed by atoms with Crippen LogP contribution in [-0.4, -0.2) is 24.3 Å². The lowest BCUT2D eigenvalue weighted by Gasteiger charge is -2.00. The molecule has 1 heterocycles. The molecule has 0 saturated heterocycles. The van der Waals surface area contributed by atoms with E-state index in [0.29, 0.717) is 0 Å². The summed E-state index contributed by atoms with van der Waals surface area (Å²) in [6.07, 6.45) is 0. The molecule has 0 aromatic heterocycles. The van der Waals surface area contributed by atoms with Crippen LogP contribution in [0.3, 0.4) is 0 Å². The van der Waals surface area contributed by atoms with Gasteiger partial charge in [0.15, 0.2) is 0 Å². The highest BCUT2D eigenvalue weighted by atomic mass is 16.5. The molecule has 3 N–H and O–H groups in total. The molecule has 70 valence electrons. The molecule has 0 spiro atoms. The third-order valence-corrected chi connectivity index (χ3v) is 1.50. The first-order chi connectivity index (χ1) is 6.06. The fraction of sp³-hybridized carbons (Fsp3) is 0.286. The van der Waals surface area contributed by atoms with E-state index in [2.05, 4.69) is 4.74 Å². The maximum atomic E-state index is 10.9. The van der Waals surface area contributed by atoms with E-state index in [1.54, 1.807) is 0 Å². The van der Waals surface area contributed by atoms with Gasteiger partial charge in [-0.3, -0.25) is 19.7 Å². The van der Waals surface area contributed by atoms with Crippen LogP contribution in [-0.2, 0) is 19.1 Å². The van der Waals surface area contributed by atoms with Crippen molar-refractivity contribution in [3.05, 3.63) is 11.3 Å². The van der Waals surface area contributed by atoms with E-state index in [-0.39, 0.29) is 17.9 Å². The van der Waals surface area contributed by atoms with E-state index < -0.39 is 17.8 Å². The Morgan fingerprint density at radius 2 is 2.08 bits per heavy atom. The molecule has 0 aromatic carbocycles. The second kappa shape index (κ2) is 3.36. The van der Waals surface area contributed by atoms with E-state index in [1.165, 1.54) is 6.92 Å². The van der Waals surface area contributed by atoms with E-state index in [4.69, 9.17) is 5.73 Å². The molecule has 6 heteroatoms. The molecule has 0 fully saturated rings. The van der Waals surface area contributed by atoms with Gasteiger partial charge >= 0.3 is 5.97 Å². The summed E-state index contributed by atoms with van der Waals surface area (Å²) in [4.78, 5) is 32.5. The van der Waals surface area contributed by atoms with Gasteiger partial charge in [0.2, 0.25) is 5.76 Å². The van der Waals surface area contributed by atoms with E-state index >= 15 is 0 Å². The number of imide groups is 1. The van der Waals surface area contributed by atoms with Gasteiger partial charge in [-0.25, -0.2) is 0 Å². The topological polar surface area (TPSA) is 98.5 Å². The van der Waals surface area contributed by atoms with Crippen LogP contribution >= 0.6 is 0 Å². The summed E-state index contributed by atoms with van der Waals surface area (Å²) >= 11 is 0. The molecule has 1 aliphatic rings. The number of ether oxygens (including phenoxy) is 1. The molecule has 0 bridgehead atoms. The van der Waals surface area contributed by atoms with Gasteiger partial charge in [0.25, 0.3) is 11.8 Å². The lowest BCUT2D eigenvalue weighted by Crippen LogP contribution is -2.25. The number of carbonyl (C=O) groups excluding carboxylic acids is 3. The molecular formula is C7H8N2O4. The van der Waals surface area contributed by atoms with Crippen molar-refractivity contribution in [1.82, 2.24) is 5.32 Å². The SMILES string of the molecule is CC1=C(OC(=O)CN)C(=O)NC1=O. The zero-order chi connectivity index (χ0) is 10.0. The van der Waals surface area contributed by atoms with Crippen LogP contribution in [0.2, 0.25) is 0 Å². The monoisotopic (exact) mass is 184 g/mol. The Balaban J connectivity index is 2.84. The van der Waals surface area contributed by atoms with Gasteiger partial charge in [0.05, 0.1) is 12.1 Å². The van der Waals surface area contributed by atoms with E-state index in [1.807, 2.05) is 5.32 Å². The number of hydrogen-bond donors (Lipinski definition) is 2. The first kappa shape index (κ1) is 9.40. The van der Waals surface area contributed by atoms with Gasteiger partial charge in [-0.2, -0.15) is 0 Å². The van der Waals surface area contributed by atoms with Crippen LogP contribution in [0.25, 0.3) is 0 Å². The van der Waals surface area contributed by atoms with Crippen LogP contribution in [0.15, 0.2) is 11.3 Å². The Bertz CT molecular complexity index is 318. The van der Waals surface area contributed by atoms with Crippen molar-refractivity contribution in [1.29, 1.82) is 0 Å². The molecule has 0 saturated carbocycles. The number of carbonyl (C=O) groups is 3. The Morgan fingerprint density at radius 1 is 1.46 bits per heavy atom. The zero-order valence-electron chi connectivity index (χ0n) is 6.92. The summed E-state index contributed by atoms with van der Waals surface area (Å²) in [5.41, 5.74) is 5.05. The maximum Gasteiger partial charge on any atom is 0.325 e. The smallest absolute Gasteiger partial charge is 0.325 e. The largest absolute Gasteiger partial charge is 0.419 e. The normalized spacial score (nSPS) is 16.2. The minimum Gasteiger partial charge on any atom is -0.419 e. The Kier molecular flexibility index (Phi) is 2.43. The summed E-state index contributed by atoms with van der Waals surface area (Å²) < 4.78 is 4.54. The minimum absolute atomic E-state index is 0.0896. The van der Waals surface area contributed by atoms with Crippen LogP contribution in [0, 0.1) is 0 Å². The van der Waals surface area contributed by atoms with Crippen molar-refractivity contribution in [2.24, 2.45) is 5.73 Å². The van der Waals surface area contributed by atoms with E-state index in [9.17, 15) is 14.4 Å². The molecule has 1 rings (SSSR count). The predicted molar refractivity (Wildman–Crippen MR) is 41.0 cm³/mol. The molecule has 2 amide bonds. The number of nitrogens with two attached hydrogens (primary N) is 1. The highest BCUT2D eigenvalue weighted by molar-refractivity contribution is 6.18. The fourth-order valence-electron chi connectivity index (χ4n) is 0.805. The van der Waals surface area contributed by atoms with Crippen molar-refractivity contribution in [2.75, 3.05) is 6.54 Å². The lowest BCUT2D eigenvalue weighted by molar-refractivity contribution is -0.141. The Morgan fingerprint density at radius 3 is 2.46 bits per heavy atom. The van der Waals surface area contributed by atoms with Gasteiger partial charge in [-0.05, 0) is 6.92 Å². The van der Waals surface area contributed by atoms with Crippen molar-refractivity contribution >= 4 is 17.8 Å². The van der Waals surface area contributed by atoms with Crippen LogP contribution in [0.4, 0.5) is 0 Å². The van der Waals surface area contributed by atoms with Gasteiger partial charge in [-0.1, -0.05) is 0 Å². The first-order valence-corrected chi connectivity index (χ1v) is 3.53. The minimum atomic E-state index is -0.751. The Hall–Kier alpha value is -1.69. The highest BCUT2D eigenvalue weighted by Crippen LogP contribution is 2.12. The van der Waals surface area contributed by atoms with Gasteiger partial charge in [0, 0.05) is 0 Å². The molecule has 13 heavy (non-hydrogen) atoms. The summed E-state index contributed by atoms with van der Waals surface area (Å²) in [5.74, 6) is -2.27. The average Bonchev–Trinajstić information content (AvgIpc) is 2.32. The predicted octanol–water partition coefficient (Wildman–Crippen LogP) is -1.58. The fourth-order valence-corrected chi connectivity index (χ4v) is 0.805. The van der Waals surface area contributed by atoms with Crippen LogP contribution < -0.4 is 11.1 Å². The standard InChI is InChI=1S/C7H8N2O4/c1-3-5(13-4(10)2-8)7(12)9-6(3)11/h2,8H2,1H3,(H,9,11,12). The number of rotatable bonds is 2. The molecule has 0 aliphatic carbocycles. The van der Waals surface area contributed by atoms with Crippen LogP contribution in [0.1, 0.15) is 6.92 Å². The summed E-state index contributed by atoms with van der Waals surface area (Å²) in [6, 6.07) is 0. The van der Waals surface area contributed by atoms with Gasteiger partial charge in [0.1, 0.15) is 0 Å². The first-order valence-electron chi connectivity index (χ1n) is 3.53. The third-order valence-electron chi connectivity index (χ3n) is 1.50. The molecule has 0 atom stereocenters.